The van der Waals surface area contributed by atoms with Crippen LogP contribution in [0.2, 0.25) is 0 Å². The van der Waals surface area contributed by atoms with Crippen LogP contribution in [0.5, 0.6) is 0 Å². The van der Waals surface area contributed by atoms with E-state index in [0.717, 1.165) is 0 Å². The molecule has 0 bridgehead atoms. The van der Waals surface area contributed by atoms with Gasteiger partial charge in [-0.3, -0.25) is 0 Å². The number of rotatable bonds is 1. The Bertz CT molecular complexity index is 1910. The molecule has 0 N–H and O–H groups in total. The molecule has 0 saturated carbocycles. The van der Waals surface area contributed by atoms with E-state index in [-0.39, 0.29) is 0 Å². The third-order valence-electron chi connectivity index (χ3n) is 7.29. The summed E-state index contributed by atoms with van der Waals surface area (Å²) in [5.41, 5.74) is 9.05. The van der Waals surface area contributed by atoms with Gasteiger partial charge in [0.25, 0.3) is 0 Å². The van der Waals surface area contributed by atoms with Crippen LogP contribution in [0.25, 0.3) is 71.3 Å². The SMILES string of the molecule is c1ccc2cc3c(cc2c1)c1ccccc1n3-c1ccc2c(c1)-c1cccc3cccc-2c13. The van der Waals surface area contributed by atoms with Gasteiger partial charge < -0.3 is 4.57 Å². The fraction of sp³-hybridized carbons (Fsp3) is 0. The maximum absolute atomic E-state index is 2.43. The summed E-state index contributed by atoms with van der Waals surface area (Å²) >= 11 is 0. The topological polar surface area (TPSA) is 4.93 Å². The highest BCUT2D eigenvalue weighted by molar-refractivity contribution is 6.16. The van der Waals surface area contributed by atoms with Gasteiger partial charge in [-0.05, 0) is 74.1 Å². The standard InChI is InChI=1S/C32H19N/c1-2-8-22-18-31-29(17-21(22)7-1)25-11-3-4-14-30(25)33(31)23-15-16-24-26-12-5-9-20-10-6-13-27(32(20)26)28(24)19-23/h1-19H. The van der Waals surface area contributed by atoms with Crippen LogP contribution < -0.4 is 0 Å². The van der Waals surface area contributed by atoms with Gasteiger partial charge in [-0.2, -0.15) is 0 Å². The molecule has 1 aromatic heterocycles. The third kappa shape index (κ3) is 2.21. The molecule has 6 aromatic carbocycles. The second-order valence-electron chi connectivity index (χ2n) is 9.01. The first kappa shape index (κ1) is 17.2. The number of fused-ring (bicyclic) bond motifs is 7. The van der Waals surface area contributed by atoms with Crippen LogP contribution in [0.1, 0.15) is 0 Å². The van der Waals surface area contributed by atoms with E-state index in [4.69, 9.17) is 0 Å². The highest BCUT2D eigenvalue weighted by atomic mass is 15.0. The van der Waals surface area contributed by atoms with Crippen molar-refractivity contribution in [2.45, 2.75) is 0 Å². The molecular weight excluding hydrogens is 398 g/mol. The van der Waals surface area contributed by atoms with Gasteiger partial charge in [-0.15, -0.1) is 0 Å². The molecule has 0 fully saturated rings. The number of para-hydroxylation sites is 1. The van der Waals surface area contributed by atoms with E-state index in [1.807, 2.05) is 0 Å². The van der Waals surface area contributed by atoms with E-state index in [1.165, 1.54) is 71.3 Å². The molecule has 0 amide bonds. The Morgan fingerprint density at radius 3 is 1.94 bits per heavy atom. The second-order valence-corrected chi connectivity index (χ2v) is 9.01. The van der Waals surface area contributed by atoms with Crippen LogP contribution in [0.3, 0.4) is 0 Å². The third-order valence-corrected chi connectivity index (χ3v) is 7.29. The Morgan fingerprint density at radius 2 is 1.09 bits per heavy atom. The van der Waals surface area contributed by atoms with Gasteiger partial charge in [0, 0.05) is 16.5 Å². The van der Waals surface area contributed by atoms with Crippen molar-refractivity contribution in [3.8, 4) is 27.9 Å². The van der Waals surface area contributed by atoms with Crippen LogP contribution in [-0.2, 0) is 0 Å². The summed E-state index contributed by atoms with van der Waals surface area (Å²) < 4.78 is 2.43. The van der Waals surface area contributed by atoms with Crippen molar-refractivity contribution in [3.63, 3.8) is 0 Å². The molecule has 1 heterocycles. The van der Waals surface area contributed by atoms with Crippen molar-refractivity contribution >= 4 is 43.4 Å². The van der Waals surface area contributed by atoms with Crippen LogP contribution in [0.4, 0.5) is 0 Å². The smallest absolute Gasteiger partial charge is 0.0547 e. The van der Waals surface area contributed by atoms with Gasteiger partial charge in [-0.1, -0.05) is 84.9 Å². The molecule has 8 rings (SSSR count). The normalized spacial score (nSPS) is 12.2. The van der Waals surface area contributed by atoms with Crippen molar-refractivity contribution in [2.75, 3.05) is 0 Å². The van der Waals surface area contributed by atoms with Gasteiger partial charge in [0.1, 0.15) is 0 Å². The molecule has 152 valence electrons. The van der Waals surface area contributed by atoms with Crippen molar-refractivity contribution in [2.24, 2.45) is 0 Å². The van der Waals surface area contributed by atoms with E-state index in [9.17, 15) is 0 Å². The molecule has 1 aliphatic rings. The van der Waals surface area contributed by atoms with Gasteiger partial charge in [0.05, 0.1) is 11.0 Å². The van der Waals surface area contributed by atoms with Crippen LogP contribution in [0, 0.1) is 0 Å². The molecule has 0 unspecified atom stereocenters. The molecular formula is C32H19N. The molecule has 33 heavy (non-hydrogen) atoms. The molecule has 0 radical (unpaired) electrons. The lowest BCUT2D eigenvalue weighted by atomic mass is 10.0. The minimum Gasteiger partial charge on any atom is -0.309 e. The number of hydrogen-bond acceptors (Lipinski definition) is 0. The number of benzene rings is 6. The number of hydrogen-bond donors (Lipinski definition) is 0. The largest absolute Gasteiger partial charge is 0.309 e. The average Bonchev–Trinajstić information content (AvgIpc) is 3.36. The van der Waals surface area contributed by atoms with Crippen molar-refractivity contribution in [1.29, 1.82) is 0 Å². The van der Waals surface area contributed by atoms with Crippen LogP contribution in [0.15, 0.2) is 115 Å². The fourth-order valence-corrected chi connectivity index (χ4v) is 5.85. The van der Waals surface area contributed by atoms with E-state index in [2.05, 4.69) is 120 Å². The van der Waals surface area contributed by atoms with Crippen molar-refractivity contribution in [3.05, 3.63) is 115 Å². The fourth-order valence-electron chi connectivity index (χ4n) is 5.85. The van der Waals surface area contributed by atoms with Gasteiger partial charge in [0.15, 0.2) is 0 Å². The molecule has 7 aromatic rings. The predicted octanol–water partition coefficient (Wildman–Crippen LogP) is 8.74. The molecule has 0 saturated heterocycles. The molecule has 1 aliphatic carbocycles. The molecule has 1 nitrogen and oxygen atoms in total. The lowest BCUT2D eigenvalue weighted by Crippen LogP contribution is -1.94. The van der Waals surface area contributed by atoms with E-state index >= 15 is 0 Å². The van der Waals surface area contributed by atoms with Crippen molar-refractivity contribution < 1.29 is 0 Å². The Balaban J connectivity index is 1.48. The molecule has 0 aliphatic heterocycles. The first-order chi connectivity index (χ1) is 16.4. The highest BCUT2D eigenvalue weighted by Crippen LogP contribution is 2.48. The number of nitrogens with zero attached hydrogens (tertiary/aromatic N) is 1. The Labute approximate surface area is 191 Å². The summed E-state index contributed by atoms with van der Waals surface area (Å²) in [5, 5.41) is 7.84. The second kappa shape index (κ2) is 6.11. The van der Waals surface area contributed by atoms with Crippen LogP contribution >= 0.6 is 0 Å². The van der Waals surface area contributed by atoms with Gasteiger partial charge in [-0.25, -0.2) is 0 Å². The summed E-state index contributed by atoms with van der Waals surface area (Å²) in [6.07, 6.45) is 0. The zero-order valence-electron chi connectivity index (χ0n) is 17.9. The predicted molar refractivity (Wildman–Crippen MR) is 140 cm³/mol. The number of aromatic nitrogens is 1. The zero-order chi connectivity index (χ0) is 21.5. The maximum atomic E-state index is 2.43. The summed E-state index contributed by atoms with van der Waals surface area (Å²) in [6, 6.07) is 42.4. The van der Waals surface area contributed by atoms with Crippen molar-refractivity contribution in [1.82, 2.24) is 4.57 Å². The summed E-state index contributed by atoms with van der Waals surface area (Å²) in [5.74, 6) is 0. The first-order valence-corrected chi connectivity index (χ1v) is 11.5. The molecule has 1 heteroatoms. The lowest BCUT2D eigenvalue weighted by molar-refractivity contribution is 1.18. The molecule has 0 spiro atoms. The molecule has 0 atom stereocenters. The minimum absolute atomic E-state index is 1.21. The monoisotopic (exact) mass is 417 g/mol. The van der Waals surface area contributed by atoms with E-state index in [0.29, 0.717) is 0 Å². The average molecular weight is 418 g/mol. The highest BCUT2D eigenvalue weighted by Gasteiger charge is 2.22. The Kier molecular flexibility index (Phi) is 3.19. The van der Waals surface area contributed by atoms with Crippen LogP contribution in [-0.4, -0.2) is 4.57 Å². The lowest BCUT2D eigenvalue weighted by Gasteiger charge is -2.11. The minimum atomic E-state index is 1.21. The van der Waals surface area contributed by atoms with E-state index in [1.54, 1.807) is 0 Å². The first-order valence-electron chi connectivity index (χ1n) is 11.5. The summed E-state index contributed by atoms with van der Waals surface area (Å²) in [6.45, 7) is 0. The summed E-state index contributed by atoms with van der Waals surface area (Å²) in [4.78, 5) is 0. The zero-order valence-corrected chi connectivity index (χ0v) is 17.9. The van der Waals surface area contributed by atoms with E-state index < -0.39 is 0 Å². The summed E-state index contributed by atoms with van der Waals surface area (Å²) in [7, 11) is 0. The Morgan fingerprint density at radius 1 is 0.394 bits per heavy atom. The Hall–Kier alpha value is -4.36. The van der Waals surface area contributed by atoms with Gasteiger partial charge in [0.2, 0.25) is 0 Å². The maximum Gasteiger partial charge on any atom is 0.0547 e. The van der Waals surface area contributed by atoms with Gasteiger partial charge >= 0.3 is 0 Å². The quantitative estimate of drug-likeness (QED) is 0.252.